The number of amides is 3. The van der Waals surface area contributed by atoms with Crippen molar-refractivity contribution in [1.29, 1.82) is 0 Å². The summed E-state index contributed by atoms with van der Waals surface area (Å²) in [4.78, 5) is 54.2. The highest BCUT2D eigenvalue weighted by Crippen LogP contribution is 2.51. The number of nitrogens with zero attached hydrogens (tertiary/aromatic N) is 2. The topological polar surface area (TPSA) is 183 Å². The van der Waals surface area contributed by atoms with E-state index in [1.165, 1.54) is 16.7 Å². The molecule has 0 aromatic carbocycles. The molecule has 0 aromatic rings. The van der Waals surface area contributed by atoms with Crippen molar-refractivity contribution in [1.82, 2.24) is 25.8 Å². The Labute approximate surface area is 214 Å². The van der Waals surface area contributed by atoms with Crippen molar-refractivity contribution in [2.24, 2.45) is 23.3 Å². The number of fused-ring (bicyclic) bond motifs is 1. The Hall–Kier alpha value is -2.19. The largest absolute Gasteiger partial charge is 0.477 e. The molecule has 0 unspecified atom stereocenters. The molecule has 3 saturated heterocycles. The first-order valence-corrected chi connectivity index (χ1v) is 13.4. The summed E-state index contributed by atoms with van der Waals surface area (Å²) in [5.74, 6) is -2.34. The predicted molar refractivity (Wildman–Crippen MR) is 134 cm³/mol. The number of nitrogens with two attached hydrogens (primary N) is 2. The summed E-state index contributed by atoms with van der Waals surface area (Å²) in [6.07, 6.45) is 1.24. The van der Waals surface area contributed by atoms with Crippen LogP contribution >= 0.6 is 11.8 Å². The highest BCUT2D eigenvalue weighted by Gasteiger charge is 2.60. The summed E-state index contributed by atoms with van der Waals surface area (Å²) in [5.41, 5.74) is 11.9. The standard InChI is InChI=1S/C23H37N7O5S/c1-10-18-17(11(2)28-16(31)8-26-3)22(33)30(18)19(23(34)35)20(10)36-14-5-15(27-7-14)21(32)29-9-12(25)4-13(29)6-24/h10-15,17-18,26-27H,4-9,24-25H2,1-3H3,(H,28,31)(H,34,35)/t10-,11-,12+,13+,14+,15+,17-,18+/m1/s1. The number of carboxylic acids is 1. The molecular formula is C23H37N7O5S. The van der Waals surface area contributed by atoms with Crippen LogP contribution in [0, 0.1) is 11.8 Å². The number of carboxylic acid groups (broad SMARTS) is 1. The van der Waals surface area contributed by atoms with E-state index in [9.17, 15) is 24.3 Å². The molecule has 0 aliphatic carbocycles. The van der Waals surface area contributed by atoms with Crippen LogP contribution in [0.3, 0.4) is 0 Å². The molecule has 8 atom stereocenters. The molecule has 4 heterocycles. The quantitative estimate of drug-likeness (QED) is 0.182. The van der Waals surface area contributed by atoms with Gasteiger partial charge in [0.05, 0.1) is 24.5 Å². The molecule has 12 nitrogen and oxygen atoms in total. The van der Waals surface area contributed by atoms with Crippen molar-refractivity contribution >= 4 is 35.5 Å². The molecule has 200 valence electrons. The molecule has 3 amide bonds. The number of hydrogen-bond donors (Lipinski definition) is 6. The Balaban J connectivity index is 1.43. The first-order chi connectivity index (χ1) is 17.1. The summed E-state index contributed by atoms with van der Waals surface area (Å²) >= 11 is 1.44. The molecule has 0 radical (unpaired) electrons. The number of carbonyl (C=O) groups is 4. The zero-order valence-electron chi connectivity index (χ0n) is 20.9. The first kappa shape index (κ1) is 26.9. The highest BCUT2D eigenvalue weighted by molar-refractivity contribution is 8.03. The lowest BCUT2D eigenvalue weighted by atomic mass is 9.78. The van der Waals surface area contributed by atoms with Crippen LogP contribution in [-0.4, -0.2) is 107 Å². The van der Waals surface area contributed by atoms with Crippen molar-refractivity contribution in [2.75, 3.05) is 33.2 Å². The second kappa shape index (κ2) is 10.7. The highest BCUT2D eigenvalue weighted by atomic mass is 32.2. The maximum Gasteiger partial charge on any atom is 0.353 e. The first-order valence-electron chi connectivity index (χ1n) is 12.5. The predicted octanol–water partition coefficient (Wildman–Crippen LogP) is -2.17. The molecule has 0 spiro atoms. The van der Waals surface area contributed by atoms with Crippen LogP contribution in [0.15, 0.2) is 10.6 Å². The Morgan fingerprint density at radius 1 is 1.31 bits per heavy atom. The van der Waals surface area contributed by atoms with Crippen molar-refractivity contribution in [3.05, 3.63) is 10.6 Å². The van der Waals surface area contributed by atoms with Gasteiger partial charge in [-0.15, -0.1) is 11.8 Å². The van der Waals surface area contributed by atoms with Gasteiger partial charge in [-0.05, 0) is 26.8 Å². The fraction of sp³-hybridized carbons (Fsp3) is 0.739. The van der Waals surface area contributed by atoms with E-state index >= 15 is 0 Å². The van der Waals surface area contributed by atoms with Crippen LogP contribution in [0.25, 0.3) is 0 Å². The monoisotopic (exact) mass is 523 g/mol. The fourth-order valence-corrected chi connectivity index (χ4v) is 7.54. The zero-order valence-corrected chi connectivity index (χ0v) is 21.7. The second-order valence-electron chi connectivity index (χ2n) is 10.2. The Kier molecular flexibility index (Phi) is 7.95. The van der Waals surface area contributed by atoms with Crippen LogP contribution < -0.4 is 27.4 Å². The Morgan fingerprint density at radius 3 is 2.67 bits per heavy atom. The van der Waals surface area contributed by atoms with E-state index in [1.807, 2.05) is 6.92 Å². The van der Waals surface area contributed by atoms with Gasteiger partial charge in [-0.3, -0.25) is 14.4 Å². The minimum absolute atomic E-state index is 0.0152. The lowest BCUT2D eigenvalue weighted by molar-refractivity contribution is -0.158. The number of likely N-dealkylation sites (N-methyl/N-ethyl adjacent to an activating group) is 1. The summed E-state index contributed by atoms with van der Waals surface area (Å²) < 4.78 is 0. The second-order valence-corrected chi connectivity index (χ2v) is 11.6. The minimum Gasteiger partial charge on any atom is -0.477 e. The van der Waals surface area contributed by atoms with Crippen molar-refractivity contribution in [2.45, 2.75) is 62.1 Å². The normalized spacial score (nSPS) is 34.6. The van der Waals surface area contributed by atoms with Crippen LogP contribution in [0.4, 0.5) is 0 Å². The lowest BCUT2D eigenvalue weighted by Gasteiger charge is -2.47. The minimum atomic E-state index is -1.14. The van der Waals surface area contributed by atoms with Gasteiger partial charge in [-0.1, -0.05) is 6.92 Å². The van der Waals surface area contributed by atoms with Gasteiger partial charge >= 0.3 is 5.97 Å². The van der Waals surface area contributed by atoms with Crippen LogP contribution in [0.2, 0.25) is 0 Å². The van der Waals surface area contributed by atoms with Crippen LogP contribution in [0.5, 0.6) is 0 Å². The lowest BCUT2D eigenvalue weighted by Crippen LogP contribution is -2.66. The van der Waals surface area contributed by atoms with Crippen LogP contribution in [0.1, 0.15) is 26.7 Å². The molecule has 3 fully saturated rings. The number of thioether (sulfide) groups is 1. The van der Waals surface area contributed by atoms with Crippen molar-refractivity contribution < 1.29 is 24.3 Å². The van der Waals surface area contributed by atoms with E-state index in [2.05, 4.69) is 16.0 Å². The molecule has 0 bridgehead atoms. The van der Waals surface area contributed by atoms with Crippen LogP contribution in [-0.2, 0) is 19.2 Å². The van der Waals surface area contributed by atoms with Gasteiger partial charge in [-0.2, -0.15) is 0 Å². The molecule has 0 saturated carbocycles. The summed E-state index contributed by atoms with van der Waals surface area (Å²) in [6, 6.07) is -1.24. The maximum atomic E-state index is 13.1. The smallest absolute Gasteiger partial charge is 0.353 e. The van der Waals surface area contributed by atoms with E-state index in [0.29, 0.717) is 37.4 Å². The van der Waals surface area contributed by atoms with Gasteiger partial charge in [0.2, 0.25) is 17.7 Å². The number of aliphatic carboxylic acids is 1. The van der Waals surface area contributed by atoms with E-state index in [-0.39, 0.29) is 65.3 Å². The van der Waals surface area contributed by atoms with Crippen molar-refractivity contribution in [3.8, 4) is 0 Å². The van der Waals surface area contributed by atoms with E-state index < -0.39 is 17.9 Å². The number of likely N-dealkylation sites (tertiary alicyclic amines) is 1. The molecule has 13 heteroatoms. The van der Waals surface area contributed by atoms with Gasteiger partial charge < -0.3 is 42.3 Å². The number of nitrogens with one attached hydrogen (secondary N) is 3. The SMILES string of the molecule is CNCC(=O)N[C@H](C)[C@H]1C(=O)N2C(C(=O)O)=C(S[C@@H]3CN[C@H](C(=O)N4C[C@@H](N)C[C@H]4CN)C3)[C@H](C)[C@@H]12. The van der Waals surface area contributed by atoms with Crippen molar-refractivity contribution in [3.63, 3.8) is 0 Å². The molecule has 0 aromatic heterocycles. The third-order valence-electron chi connectivity index (χ3n) is 7.74. The van der Waals surface area contributed by atoms with E-state index in [4.69, 9.17) is 11.5 Å². The van der Waals surface area contributed by atoms with E-state index in [0.717, 1.165) is 0 Å². The number of carbonyl (C=O) groups excluding carboxylic acids is 3. The zero-order chi connectivity index (χ0) is 26.3. The number of β-lactam (4-membered cyclic amide) rings is 1. The third-order valence-corrected chi connectivity index (χ3v) is 9.25. The van der Waals surface area contributed by atoms with Gasteiger partial charge in [0.15, 0.2) is 0 Å². The summed E-state index contributed by atoms with van der Waals surface area (Å²) in [5, 5.41) is 18.9. The van der Waals surface area contributed by atoms with Gasteiger partial charge in [0.1, 0.15) is 5.70 Å². The third kappa shape index (κ3) is 4.74. The maximum absolute atomic E-state index is 13.1. The average Bonchev–Trinajstić information content (AvgIpc) is 3.49. The molecule has 4 aliphatic heterocycles. The van der Waals surface area contributed by atoms with Gasteiger partial charge in [0.25, 0.3) is 0 Å². The van der Waals surface area contributed by atoms with Gasteiger partial charge in [0, 0.05) is 53.8 Å². The molecular weight excluding hydrogens is 486 g/mol. The molecule has 36 heavy (non-hydrogen) atoms. The molecule has 4 rings (SSSR count). The number of rotatable bonds is 9. The van der Waals surface area contributed by atoms with Gasteiger partial charge in [-0.25, -0.2) is 4.79 Å². The van der Waals surface area contributed by atoms with E-state index in [1.54, 1.807) is 18.9 Å². The molecule has 8 N–H and O–H groups in total. The Bertz CT molecular complexity index is 961. The molecule has 4 aliphatic rings. The number of hydrogen-bond acceptors (Lipinski definition) is 9. The fourth-order valence-electron chi connectivity index (χ4n) is 6.06. The average molecular weight is 524 g/mol. The summed E-state index contributed by atoms with van der Waals surface area (Å²) in [7, 11) is 1.67. The Morgan fingerprint density at radius 2 is 2.03 bits per heavy atom. The summed E-state index contributed by atoms with van der Waals surface area (Å²) in [6.45, 7) is 5.26.